The van der Waals surface area contributed by atoms with Crippen molar-refractivity contribution >= 4 is 11.8 Å². The molecule has 0 aromatic carbocycles. The lowest BCUT2D eigenvalue weighted by Gasteiger charge is -2.36. The van der Waals surface area contributed by atoms with Crippen molar-refractivity contribution in [3.8, 4) is 0 Å². The van der Waals surface area contributed by atoms with Gasteiger partial charge in [0.1, 0.15) is 0 Å². The Bertz CT molecular complexity index is 323. The van der Waals surface area contributed by atoms with Gasteiger partial charge in [0.2, 0.25) is 11.8 Å². The molecule has 1 aliphatic carbocycles. The predicted octanol–water partition coefficient (Wildman–Crippen LogP) is 1.19. The quantitative estimate of drug-likeness (QED) is 0.615. The minimum Gasteiger partial charge on any atom is -0.354 e. The maximum atomic E-state index is 12.0. The van der Waals surface area contributed by atoms with Crippen molar-refractivity contribution in [2.75, 3.05) is 20.1 Å². The number of hydrogen-bond donors (Lipinski definition) is 3. The molecule has 3 N–H and O–H groups in total. The zero-order valence-corrected chi connectivity index (χ0v) is 13.1. The molecule has 20 heavy (non-hydrogen) atoms. The SMILES string of the molecule is CNC1(CC(=O)NCCNC(=O)C(C)C)CCCCC1. The molecule has 5 heteroatoms. The summed E-state index contributed by atoms with van der Waals surface area (Å²) in [7, 11) is 1.95. The Morgan fingerprint density at radius 3 is 2.20 bits per heavy atom. The maximum absolute atomic E-state index is 12.0. The molecule has 0 aromatic heterocycles. The lowest BCUT2D eigenvalue weighted by Crippen LogP contribution is -2.48. The summed E-state index contributed by atoms with van der Waals surface area (Å²) in [5.74, 6) is 0.0822. The van der Waals surface area contributed by atoms with Crippen molar-refractivity contribution < 1.29 is 9.59 Å². The molecule has 1 saturated carbocycles. The first-order valence-electron chi connectivity index (χ1n) is 7.72. The van der Waals surface area contributed by atoms with Gasteiger partial charge in [-0.05, 0) is 19.9 Å². The number of amides is 2. The van der Waals surface area contributed by atoms with Crippen LogP contribution in [0.15, 0.2) is 0 Å². The van der Waals surface area contributed by atoms with Crippen LogP contribution in [0, 0.1) is 5.92 Å². The third-order valence-corrected chi connectivity index (χ3v) is 4.11. The van der Waals surface area contributed by atoms with Gasteiger partial charge in [0.15, 0.2) is 0 Å². The minimum absolute atomic E-state index is 0.0134. The highest BCUT2D eigenvalue weighted by Gasteiger charge is 2.32. The van der Waals surface area contributed by atoms with E-state index in [1.54, 1.807) is 0 Å². The van der Waals surface area contributed by atoms with E-state index in [1.165, 1.54) is 19.3 Å². The number of carbonyl (C=O) groups is 2. The third-order valence-electron chi connectivity index (χ3n) is 4.11. The first-order valence-corrected chi connectivity index (χ1v) is 7.72. The summed E-state index contributed by atoms with van der Waals surface area (Å²) in [5.41, 5.74) is -0.0243. The fourth-order valence-corrected chi connectivity index (χ4v) is 2.71. The van der Waals surface area contributed by atoms with Crippen molar-refractivity contribution in [2.45, 2.75) is 57.9 Å². The fraction of sp³-hybridized carbons (Fsp3) is 0.867. The molecule has 1 aliphatic rings. The molecule has 0 aliphatic heterocycles. The first kappa shape index (κ1) is 17.0. The third kappa shape index (κ3) is 5.49. The minimum atomic E-state index is -0.0243. The van der Waals surface area contributed by atoms with Crippen molar-refractivity contribution in [3.05, 3.63) is 0 Å². The summed E-state index contributed by atoms with van der Waals surface area (Å²) >= 11 is 0. The van der Waals surface area contributed by atoms with E-state index in [-0.39, 0.29) is 23.3 Å². The molecule has 0 saturated heterocycles. The monoisotopic (exact) mass is 283 g/mol. The van der Waals surface area contributed by atoms with Gasteiger partial charge in [-0.3, -0.25) is 9.59 Å². The van der Waals surface area contributed by atoms with E-state index in [2.05, 4.69) is 16.0 Å². The lowest BCUT2D eigenvalue weighted by molar-refractivity contribution is -0.125. The van der Waals surface area contributed by atoms with E-state index in [0.29, 0.717) is 19.5 Å². The van der Waals surface area contributed by atoms with Crippen LogP contribution in [0.4, 0.5) is 0 Å². The molecule has 0 spiro atoms. The summed E-state index contributed by atoms with van der Waals surface area (Å²) in [4.78, 5) is 23.4. The van der Waals surface area contributed by atoms with E-state index in [9.17, 15) is 9.59 Å². The van der Waals surface area contributed by atoms with Gasteiger partial charge in [-0.1, -0.05) is 33.1 Å². The molecule has 0 heterocycles. The number of rotatable bonds is 7. The molecule has 0 radical (unpaired) electrons. The molecule has 0 unspecified atom stereocenters. The van der Waals surface area contributed by atoms with Crippen LogP contribution in [0.25, 0.3) is 0 Å². The van der Waals surface area contributed by atoms with E-state index in [1.807, 2.05) is 20.9 Å². The van der Waals surface area contributed by atoms with Gasteiger partial charge in [0.25, 0.3) is 0 Å². The van der Waals surface area contributed by atoms with Gasteiger partial charge in [0.05, 0.1) is 0 Å². The topological polar surface area (TPSA) is 70.2 Å². The number of carbonyl (C=O) groups excluding carboxylic acids is 2. The zero-order chi connectivity index (χ0) is 15.0. The van der Waals surface area contributed by atoms with Crippen LogP contribution in [0.5, 0.6) is 0 Å². The summed E-state index contributed by atoms with van der Waals surface area (Å²) < 4.78 is 0. The Labute approximate surface area is 122 Å². The standard InChI is InChI=1S/C15H29N3O2/c1-12(2)14(20)18-10-9-17-13(19)11-15(16-3)7-5-4-6-8-15/h12,16H,4-11H2,1-3H3,(H,17,19)(H,18,20). The lowest BCUT2D eigenvalue weighted by atomic mass is 9.79. The van der Waals surface area contributed by atoms with Crippen LogP contribution in [0.1, 0.15) is 52.4 Å². The van der Waals surface area contributed by atoms with E-state index in [0.717, 1.165) is 12.8 Å². The van der Waals surface area contributed by atoms with Gasteiger partial charge in [-0.15, -0.1) is 0 Å². The van der Waals surface area contributed by atoms with E-state index >= 15 is 0 Å². The van der Waals surface area contributed by atoms with Gasteiger partial charge in [-0.2, -0.15) is 0 Å². The summed E-state index contributed by atoms with van der Waals surface area (Å²) in [6, 6.07) is 0. The molecule has 0 atom stereocenters. The van der Waals surface area contributed by atoms with Crippen LogP contribution in [0.3, 0.4) is 0 Å². The highest BCUT2D eigenvalue weighted by molar-refractivity contribution is 5.78. The highest BCUT2D eigenvalue weighted by atomic mass is 16.2. The number of nitrogens with one attached hydrogen (secondary N) is 3. The molecule has 1 fully saturated rings. The van der Waals surface area contributed by atoms with Gasteiger partial charge in [-0.25, -0.2) is 0 Å². The summed E-state index contributed by atoms with van der Waals surface area (Å²) in [6.07, 6.45) is 6.33. The molecular formula is C15H29N3O2. The normalized spacial score (nSPS) is 17.8. The van der Waals surface area contributed by atoms with Crippen LogP contribution in [-0.4, -0.2) is 37.5 Å². The largest absolute Gasteiger partial charge is 0.354 e. The molecule has 2 amide bonds. The van der Waals surface area contributed by atoms with Gasteiger partial charge in [0, 0.05) is 31.0 Å². The second-order valence-electron chi connectivity index (χ2n) is 6.06. The zero-order valence-electron chi connectivity index (χ0n) is 13.1. The Kier molecular flexibility index (Phi) is 6.99. The van der Waals surface area contributed by atoms with Gasteiger partial charge < -0.3 is 16.0 Å². The Balaban J connectivity index is 2.24. The van der Waals surface area contributed by atoms with Crippen LogP contribution >= 0.6 is 0 Å². The smallest absolute Gasteiger partial charge is 0.222 e. The maximum Gasteiger partial charge on any atom is 0.222 e. The Morgan fingerprint density at radius 2 is 1.65 bits per heavy atom. The van der Waals surface area contributed by atoms with Crippen LogP contribution < -0.4 is 16.0 Å². The van der Waals surface area contributed by atoms with Crippen molar-refractivity contribution in [3.63, 3.8) is 0 Å². The van der Waals surface area contributed by atoms with Crippen molar-refractivity contribution in [1.82, 2.24) is 16.0 Å². The predicted molar refractivity (Wildman–Crippen MR) is 80.4 cm³/mol. The summed E-state index contributed by atoms with van der Waals surface area (Å²) in [5, 5.41) is 9.03. The average Bonchev–Trinajstić information content (AvgIpc) is 2.44. The van der Waals surface area contributed by atoms with E-state index in [4.69, 9.17) is 0 Å². The summed E-state index contributed by atoms with van der Waals surface area (Å²) in [6.45, 7) is 4.70. The van der Waals surface area contributed by atoms with Crippen LogP contribution in [0.2, 0.25) is 0 Å². The van der Waals surface area contributed by atoms with Crippen LogP contribution in [-0.2, 0) is 9.59 Å². The van der Waals surface area contributed by atoms with Crippen molar-refractivity contribution in [2.24, 2.45) is 5.92 Å². The average molecular weight is 283 g/mol. The second kappa shape index (κ2) is 8.25. The van der Waals surface area contributed by atoms with Crippen molar-refractivity contribution in [1.29, 1.82) is 0 Å². The fourth-order valence-electron chi connectivity index (χ4n) is 2.71. The molecule has 0 aromatic rings. The molecule has 0 bridgehead atoms. The Hall–Kier alpha value is -1.10. The van der Waals surface area contributed by atoms with Gasteiger partial charge >= 0.3 is 0 Å². The first-order chi connectivity index (χ1) is 9.49. The molecule has 5 nitrogen and oxygen atoms in total. The molecule has 116 valence electrons. The highest BCUT2D eigenvalue weighted by Crippen LogP contribution is 2.30. The van der Waals surface area contributed by atoms with E-state index < -0.39 is 0 Å². The Morgan fingerprint density at radius 1 is 1.05 bits per heavy atom. The molecule has 1 rings (SSSR count). The second-order valence-corrected chi connectivity index (χ2v) is 6.06. The molecular weight excluding hydrogens is 254 g/mol. The number of hydrogen-bond acceptors (Lipinski definition) is 3.